The van der Waals surface area contributed by atoms with E-state index in [0.29, 0.717) is 12.0 Å². The standard InChI is InChI=1S/C15H24N4S2/c1-4-13-17-14(21-19-13)20-9-7-12-6-5-8-15(12,10-16)18-11(2)3/h11-12,18H,4-9H2,1-3H3. The first-order valence-electron chi connectivity index (χ1n) is 7.74. The number of nitriles is 1. The molecule has 116 valence electrons. The van der Waals surface area contributed by atoms with Gasteiger partial charge in [-0.15, -0.1) is 0 Å². The predicted octanol–water partition coefficient (Wildman–Crippen LogP) is 3.64. The molecule has 1 aromatic heterocycles. The average molecular weight is 325 g/mol. The lowest BCUT2D eigenvalue weighted by atomic mass is 9.86. The summed E-state index contributed by atoms with van der Waals surface area (Å²) in [7, 11) is 0. The van der Waals surface area contributed by atoms with Crippen LogP contribution < -0.4 is 5.32 Å². The molecule has 0 bridgehead atoms. The molecule has 0 amide bonds. The minimum absolute atomic E-state index is 0.315. The number of hydrogen-bond acceptors (Lipinski definition) is 6. The van der Waals surface area contributed by atoms with Crippen LogP contribution in [0.25, 0.3) is 0 Å². The number of nitrogens with one attached hydrogen (secondary N) is 1. The van der Waals surface area contributed by atoms with Gasteiger partial charge in [0.1, 0.15) is 11.4 Å². The summed E-state index contributed by atoms with van der Waals surface area (Å²) < 4.78 is 5.37. The van der Waals surface area contributed by atoms with Gasteiger partial charge in [0.2, 0.25) is 0 Å². The molecular weight excluding hydrogens is 300 g/mol. The molecule has 4 nitrogen and oxygen atoms in total. The Morgan fingerprint density at radius 1 is 1.57 bits per heavy atom. The molecule has 2 unspecified atom stereocenters. The Morgan fingerprint density at radius 3 is 3.00 bits per heavy atom. The van der Waals surface area contributed by atoms with Crippen molar-refractivity contribution < 1.29 is 0 Å². The van der Waals surface area contributed by atoms with E-state index in [-0.39, 0.29) is 5.54 Å². The normalized spacial score (nSPS) is 25.4. The molecule has 6 heteroatoms. The molecule has 1 N–H and O–H groups in total. The van der Waals surface area contributed by atoms with E-state index in [4.69, 9.17) is 0 Å². The zero-order chi connectivity index (χ0) is 15.3. The Morgan fingerprint density at radius 2 is 2.38 bits per heavy atom. The molecule has 1 fully saturated rings. The number of aryl methyl sites for hydroxylation is 1. The molecule has 2 rings (SSSR count). The maximum atomic E-state index is 9.65. The van der Waals surface area contributed by atoms with Crippen LogP contribution in [0.1, 0.15) is 52.3 Å². The quantitative estimate of drug-likeness (QED) is 0.776. The maximum Gasteiger partial charge on any atom is 0.170 e. The van der Waals surface area contributed by atoms with Gasteiger partial charge in [0.05, 0.1) is 6.07 Å². The Labute approximate surface area is 135 Å². The highest BCUT2D eigenvalue weighted by Gasteiger charge is 2.42. The molecule has 0 spiro atoms. The summed E-state index contributed by atoms with van der Waals surface area (Å²) >= 11 is 3.28. The van der Waals surface area contributed by atoms with Gasteiger partial charge in [-0.2, -0.15) is 9.64 Å². The highest BCUT2D eigenvalue weighted by molar-refractivity contribution is 8.00. The van der Waals surface area contributed by atoms with Gasteiger partial charge in [-0.25, -0.2) is 4.98 Å². The molecule has 0 aromatic carbocycles. The second-order valence-electron chi connectivity index (χ2n) is 5.94. The third-order valence-electron chi connectivity index (χ3n) is 4.02. The molecule has 2 atom stereocenters. The van der Waals surface area contributed by atoms with Crippen LogP contribution in [0.2, 0.25) is 0 Å². The molecule has 21 heavy (non-hydrogen) atoms. The van der Waals surface area contributed by atoms with Crippen LogP contribution in [0.15, 0.2) is 4.34 Å². The molecule has 1 aliphatic rings. The maximum absolute atomic E-state index is 9.65. The van der Waals surface area contributed by atoms with Gasteiger partial charge >= 0.3 is 0 Å². The van der Waals surface area contributed by atoms with Gasteiger partial charge in [0, 0.05) is 18.2 Å². The monoisotopic (exact) mass is 324 g/mol. The molecule has 1 aromatic rings. The Hall–Kier alpha value is -0.640. The smallest absolute Gasteiger partial charge is 0.170 e. The lowest BCUT2D eigenvalue weighted by Crippen LogP contribution is -2.50. The van der Waals surface area contributed by atoms with Crippen LogP contribution in [0.4, 0.5) is 0 Å². The zero-order valence-corrected chi connectivity index (χ0v) is 14.7. The van der Waals surface area contributed by atoms with Crippen molar-refractivity contribution in [3.8, 4) is 6.07 Å². The van der Waals surface area contributed by atoms with Gasteiger partial charge in [0.25, 0.3) is 0 Å². The lowest BCUT2D eigenvalue weighted by Gasteiger charge is -2.32. The van der Waals surface area contributed by atoms with E-state index in [2.05, 4.69) is 41.5 Å². The first-order chi connectivity index (χ1) is 10.1. The summed E-state index contributed by atoms with van der Waals surface area (Å²) in [5.74, 6) is 2.42. The first-order valence-corrected chi connectivity index (χ1v) is 9.50. The highest BCUT2D eigenvalue weighted by Crippen LogP contribution is 2.39. The summed E-state index contributed by atoms with van der Waals surface area (Å²) in [6, 6.07) is 2.93. The van der Waals surface area contributed by atoms with E-state index >= 15 is 0 Å². The summed E-state index contributed by atoms with van der Waals surface area (Å²) in [6.45, 7) is 6.32. The Balaban J connectivity index is 1.88. The SMILES string of the molecule is CCc1nsc(SCCC2CCCC2(C#N)NC(C)C)n1. The van der Waals surface area contributed by atoms with E-state index < -0.39 is 0 Å². The number of aromatic nitrogens is 2. The van der Waals surface area contributed by atoms with Crippen molar-refractivity contribution in [2.45, 2.75) is 68.8 Å². The van der Waals surface area contributed by atoms with Gasteiger partial charge in [0.15, 0.2) is 4.34 Å². The largest absolute Gasteiger partial charge is 0.297 e. The third kappa shape index (κ3) is 4.18. The molecule has 0 radical (unpaired) electrons. The fraction of sp³-hybridized carbons (Fsp3) is 0.800. The van der Waals surface area contributed by atoms with Crippen molar-refractivity contribution in [1.29, 1.82) is 5.26 Å². The van der Waals surface area contributed by atoms with Crippen molar-refractivity contribution in [3.05, 3.63) is 5.82 Å². The fourth-order valence-electron chi connectivity index (χ4n) is 3.08. The van der Waals surface area contributed by atoms with Crippen molar-refractivity contribution in [2.24, 2.45) is 5.92 Å². The molecule has 0 aliphatic heterocycles. The fourth-order valence-corrected chi connectivity index (χ4v) is 4.90. The average Bonchev–Trinajstić information content (AvgIpc) is 3.06. The number of nitrogens with zero attached hydrogens (tertiary/aromatic N) is 3. The van der Waals surface area contributed by atoms with E-state index in [9.17, 15) is 5.26 Å². The molecule has 1 heterocycles. The van der Waals surface area contributed by atoms with Crippen LogP contribution in [0, 0.1) is 17.2 Å². The van der Waals surface area contributed by atoms with Crippen LogP contribution in [-0.2, 0) is 6.42 Å². The van der Waals surface area contributed by atoms with Gasteiger partial charge in [-0.3, -0.25) is 5.32 Å². The second-order valence-corrected chi connectivity index (χ2v) is 8.03. The van der Waals surface area contributed by atoms with Crippen LogP contribution in [0.5, 0.6) is 0 Å². The number of rotatable bonds is 7. The van der Waals surface area contributed by atoms with Gasteiger partial charge in [-0.05, 0) is 50.6 Å². The van der Waals surface area contributed by atoms with Crippen molar-refractivity contribution in [2.75, 3.05) is 5.75 Å². The summed E-state index contributed by atoms with van der Waals surface area (Å²) in [5, 5.41) is 13.2. The summed E-state index contributed by atoms with van der Waals surface area (Å²) in [4.78, 5) is 4.49. The van der Waals surface area contributed by atoms with E-state index in [1.165, 1.54) is 11.5 Å². The molecular formula is C15H24N4S2. The van der Waals surface area contributed by atoms with E-state index in [1.54, 1.807) is 11.8 Å². The van der Waals surface area contributed by atoms with Crippen molar-refractivity contribution in [1.82, 2.24) is 14.7 Å². The van der Waals surface area contributed by atoms with Crippen molar-refractivity contribution >= 4 is 23.3 Å². The van der Waals surface area contributed by atoms with E-state index in [1.807, 2.05) is 0 Å². The third-order valence-corrected chi connectivity index (χ3v) is 5.93. The predicted molar refractivity (Wildman–Crippen MR) is 88.6 cm³/mol. The highest BCUT2D eigenvalue weighted by atomic mass is 32.2. The minimum atomic E-state index is -0.315. The van der Waals surface area contributed by atoms with Crippen LogP contribution in [-0.4, -0.2) is 26.7 Å². The van der Waals surface area contributed by atoms with Gasteiger partial charge < -0.3 is 0 Å². The zero-order valence-electron chi connectivity index (χ0n) is 13.1. The minimum Gasteiger partial charge on any atom is -0.297 e. The van der Waals surface area contributed by atoms with Gasteiger partial charge in [-0.1, -0.05) is 25.1 Å². The summed E-state index contributed by atoms with van der Waals surface area (Å²) in [5.41, 5.74) is -0.315. The lowest BCUT2D eigenvalue weighted by molar-refractivity contribution is 0.289. The second kappa shape index (κ2) is 7.57. The van der Waals surface area contributed by atoms with Crippen molar-refractivity contribution in [3.63, 3.8) is 0 Å². The van der Waals surface area contributed by atoms with Crippen LogP contribution >= 0.6 is 23.3 Å². The molecule has 1 aliphatic carbocycles. The van der Waals surface area contributed by atoms with E-state index in [0.717, 1.165) is 48.0 Å². The number of thioether (sulfide) groups is 1. The summed E-state index contributed by atoms with van der Waals surface area (Å²) in [6.07, 6.45) is 5.26. The van der Waals surface area contributed by atoms with Crippen LogP contribution in [0.3, 0.4) is 0 Å². The number of hydrogen-bond donors (Lipinski definition) is 1. The Bertz CT molecular complexity index is 494. The molecule has 0 saturated heterocycles. The molecule has 1 saturated carbocycles. The Kier molecular flexibility index (Phi) is 6.03. The first kappa shape index (κ1) is 16.7. The topological polar surface area (TPSA) is 61.6 Å².